The predicted octanol–water partition coefficient (Wildman–Crippen LogP) is 2.58. The summed E-state index contributed by atoms with van der Waals surface area (Å²) in [5.41, 5.74) is 3.28. The summed E-state index contributed by atoms with van der Waals surface area (Å²) in [4.78, 5) is 14.6. The maximum Gasteiger partial charge on any atom is 0.310 e. The van der Waals surface area contributed by atoms with Gasteiger partial charge in [-0.15, -0.1) is 0 Å². The number of aryl methyl sites for hydroxylation is 1. The summed E-state index contributed by atoms with van der Waals surface area (Å²) < 4.78 is 4.94. The van der Waals surface area contributed by atoms with E-state index in [0.29, 0.717) is 13.0 Å². The highest BCUT2D eigenvalue weighted by molar-refractivity contribution is 5.89. The van der Waals surface area contributed by atoms with Gasteiger partial charge in [-0.3, -0.25) is 4.79 Å². The fourth-order valence-electron chi connectivity index (χ4n) is 1.88. The van der Waals surface area contributed by atoms with Gasteiger partial charge in [0.2, 0.25) is 0 Å². The van der Waals surface area contributed by atoms with Gasteiger partial charge in [0, 0.05) is 17.1 Å². The monoisotopic (exact) mass is 217 g/mol. The largest absolute Gasteiger partial charge is 0.466 e. The molecule has 0 fully saturated rings. The third kappa shape index (κ3) is 1.94. The minimum atomic E-state index is -0.176. The van der Waals surface area contributed by atoms with Gasteiger partial charge in [-0.05, 0) is 25.0 Å². The summed E-state index contributed by atoms with van der Waals surface area (Å²) in [7, 11) is 0. The highest BCUT2D eigenvalue weighted by Gasteiger charge is 2.09. The first-order valence-corrected chi connectivity index (χ1v) is 5.43. The van der Waals surface area contributed by atoms with Crippen molar-refractivity contribution in [3.8, 4) is 0 Å². The fourth-order valence-corrected chi connectivity index (χ4v) is 1.88. The number of hydrogen-bond acceptors (Lipinski definition) is 2. The van der Waals surface area contributed by atoms with E-state index < -0.39 is 0 Å². The van der Waals surface area contributed by atoms with E-state index in [4.69, 9.17) is 4.74 Å². The minimum absolute atomic E-state index is 0.176. The normalized spacial score (nSPS) is 10.6. The zero-order valence-electron chi connectivity index (χ0n) is 9.54. The van der Waals surface area contributed by atoms with Crippen molar-refractivity contribution in [2.75, 3.05) is 6.61 Å². The average Bonchev–Trinajstić information content (AvgIpc) is 2.64. The summed E-state index contributed by atoms with van der Waals surface area (Å²) in [6, 6.07) is 6.07. The van der Waals surface area contributed by atoms with Gasteiger partial charge in [0.1, 0.15) is 0 Å². The van der Waals surface area contributed by atoms with Crippen molar-refractivity contribution in [3.05, 3.63) is 35.5 Å². The number of para-hydroxylation sites is 1. The number of esters is 1. The van der Waals surface area contributed by atoms with E-state index in [9.17, 15) is 4.79 Å². The number of H-pyrrole nitrogens is 1. The van der Waals surface area contributed by atoms with Gasteiger partial charge in [-0.1, -0.05) is 18.2 Å². The number of carbonyl (C=O) groups excluding carboxylic acids is 1. The van der Waals surface area contributed by atoms with Gasteiger partial charge in [0.05, 0.1) is 13.0 Å². The molecule has 0 saturated carbocycles. The molecule has 0 aliphatic carbocycles. The lowest BCUT2D eigenvalue weighted by Crippen LogP contribution is -2.06. The molecule has 0 spiro atoms. The molecule has 1 aromatic carbocycles. The van der Waals surface area contributed by atoms with Gasteiger partial charge in [0.15, 0.2) is 0 Å². The van der Waals surface area contributed by atoms with Gasteiger partial charge in [-0.2, -0.15) is 0 Å². The van der Waals surface area contributed by atoms with Crippen LogP contribution in [0.4, 0.5) is 0 Å². The maximum absolute atomic E-state index is 11.4. The highest BCUT2D eigenvalue weighted by Crippen LogP contribution is 2.21. The molecule has 16 heavy (non-hydrogen) atoms. The zero-order chi connectivity index (χ0) is 11.5. The number of aromatic nitrogens is 1. The van der Waals surface area contributed by atoms with E-state index in [1.165, 1.54) is 5.56 Å². The average molecular weight is 217 g/mol. The Morgan fingerprint density at radius 3 is 3.00 bits per heavy atom. The molecule has 0 bridgehead atoms. The van der Waals surface area contributed by atoms with Crippen LogP contribution in [-0.2, 0) is 16.0 Å². The second-order valence-corrected chi connectivity index (χ2v) is 3.79. The molecule has 1 heterocycles. The third-order valence-corrected chi connectivity index (χ3v) is 2.65. The van der Waals surface area contributed by atoms with Crippen molar-refractivity contribution in [3.63, 3.8) is 0 Å². The predicted molar refractivity (Wildman–Crippen MR) is 63.4 cm³/mol. The number of nitrogens with one attached hydrogen (secondary N) is 1. The van der Waals surface area contributed by atoms with E-state index in [2.05, 4.69) is 4.98 Å². The van der Waals surface area contributed by atoms with Crippen LogP contribution in [-0.4, -0.2) is 17.6 Å². The van der Waals surface area contributed by atoms with Crippen LogP contribution in [0.3, 0.4) is 0 Å². The molecule has 0 saturated heterocycles. The molecule has 2 rings (SSSR count). The molecule has 1 N–H and O–H groups in total. The molecule has 0 atom stereocenters. The third-order valence-electron chi connectivity index (χ3n) is 2.65. The van der Waals surface area contributed by atoms with E-state index in [1.807, 2.05) is 38.2 Å². The molecule has 2 aromatic rings. The molecule has 84 valence electrons. The molecule has 0 radical (unpaired) electrons. The summed E-state index contributed by atoms with van der Waals surface area (Å²) >= 11 is 0. The van der Waals surface area contributed by atoms with Crippen LogP contribution in [0.25, 0.3) is 10.9 Å². The number of benzene rings is 1. The molecular weight excluding hydrogens is 202 g/mol. The van der Waals surface area contributed by atoms with Crippen LogP contribution < -0.4 is 0 Å². The molecule has 0 unspecified atom stereocenters. The quantitative estimate of drug-likeness (QED) is 0.803. The Bertz CT molecular complexity index is 514. The summed E-state index contributed by atoms with van der Waals surface area (Å²) in [5, 5.41) is 1.10. The molecule has 3 nitrogen and oxygen atoms in total. The summed E-state index contributed by atoms with van der Waals surface area (Å²) in [5.74, 6) is -0.176. The van der Waals surface area contributed by atoms with Gasteiger partial charge in [0.25, 0.3) is 0 Å². The molecular formula is C13H15NO2. The number of fused-ring (bicyclic) bond motifs is 1. The Hall–Kier alpha value is -1.77. The Morgan fingerprint density at radius 2 is 2.25 bits per heavy atom. The van der Waals surface area contributed by atoms with E-state index in [0.717, 1.165) is 16.5 Å². The van der Waals surface area contributed by atoms with Crippen LogP contribution in [0.15, 0.2) is 24.4 Å². The van der Waals surface area contributed by atoms with Gasteiger partial charge >= 0.3 is 5.97 Å². The zero-order valence-corrected chi connectivity index (χ0v) is 9.54. The smallest absolute Gasteiger partial charge is 0.310 e. The van der Waals surface area contributed by atoms with Gasteiger partial charge in [-0.25, -0.2) is 0 Å². The SMILES string of the molecule is CCOC(=O)Cc1c[nH]c2c(C)cccc12. The van der Waals surface area contributed by atoms with Crippen LogP contribution in [0.1, 0.15) is 18.1 Å². The first kappa shape index (κ1) is 10.7. The second kappa shape index (κ2) is 4.39. The van der Waals surface area contributed by atoms with Crippen LogP contribution in [0.2, 0.25) is 0 Å². The number of ether oxygens (including phenoxy) is 1. The number of aromatic amines is 1. The lowest BCUT2D eigenvalue weighted by atomic mass is 10.1. The topological polar surface area (TPSA) is 42.1 Å². The molecule has 0 amide bonds. The number of carbonyl (C=O) groups is 1. The lowest BCUT2D eigenvalue weighted by Gasteiger charge is -2.01. The van der Waals surface area contributed by atoms with Crippen molar-refractivity contribution < 1.29 is 9.53 Å². The van der Waals surface area contributed by atoms with Crippen LogP contribution >= 0.6 is 0 Å². The van der Waals surface area contributed by atoms with Crippen molar-refractivity contribution in [2.45, 2.75) is 20.3 Å². The highest BCUT2D eigenvalue weighted by atomic mass is 16.5. The summed E-state index contributed by atoms with van der Waals surface area (Å²) in [6.07, 6.45) is 2.21. The van der Waals surface area contributed by atoms with Crippen LogP contribution in [0.5, 0.6) is 0 Å². The second-order valence-electron chi connectivity index (χ2n) is 3.79. The minimum Gasteiger partial charge on any atom is -0.466 e. The van der Waals surface area contributed by atoms with Crippen molar-refractivity contribution in [1.82, 2.24) is 4.98 Å². The Balaban J connectivity index is 2.32. The van der Waals surface area contributed by atoms with Crippen molar-refractivity contribution >= 4 is 16.9 Å². The molecule has 0 aliphatic rings. The fraction of sp³-hybridized carbons (Fsp3) is 0.308. The molecule has 3 heteroatoms. The Morgan fingerprint density at radius 1 is 1.44 bits per heavy atom. The van der Waals surface area contributed by atoms with Crippen molar-refractivity contribution in [2.24, 2.45) is 0 Å². The summed E-state index contributed by atoms with van der Waals surface area (Å²) in [6.45, 7) is 4.30. The molecule has 1 aromatic heterocycles. The Labute approximate surface area is 94.4 Å². The first-order chi connectivity index (χ1) is 7.72. The standard InChI is InChI=1S/C13H15NO2/c1-3-16-12(15)7-10-8-14-13-9(2)5-4-6-11(10)13/h4-6,8,14H,3,7H2,1-2H3. The van der Waals surface area contributed by atoms with Crippen molar-refractivity contribution in [1.29, 1.82) is 0 Å². The molecule has 0 aliphatic heterocycles. The first-order valence-electron chi connectivity index (χ1n) is 5.43. The Kier molecular flexibility index (Phi) is 2.95. The lowest BCUT2D eigenvalue weighted by molar-refractivity contribution is -0.142. The number of hydrogen-bond donors (Lipinski definition) is 1. The van der Waals surface area contributed by atoms with Crippen LogP contribution in [0, 0.1) is 6.92 Å². The maximum atomic E-state index is 11.4. The number of rotatable bonds is 3. The van der Waals surface area contributed by atoms with E-state index >= 15 is 0 Å². The van der Waals surface area contributed by atoms with Gasteiger partial charge < -0.3 is 9.72 Å². The van der Waals surface area contributed by atoms with E-state index in [1.54, 1.807) is 0 Å². The van der Waals surface area contributed by atoms with E-state index in [-0.39, 0.29) is 5.97 Å².